The third-order valence-electron chi connectivity index (χ3n) is 4.06. The average Bonchev–Trinajstić information content (AvgIpc) is 2.65. The molecule has 0 saturated heterocycles. The molecule has 0 saturated carbocycles. The van der Waals surface area contributed by atoms with Gasteiger partial charge in [0.2, 0.25) is 0 Å². The molecule has 0 fully saturated rings. The Morgan fingerprint density at radius 3 is 2.56 bits per heavy atom. The molecule has 0 atom stereocenters. The number of hydrogen-bond donors (Lipinski definition) is 1. The molecule has 2 aromatic rings. The number of methoxy groups -OCH3 is 2. The number of guanidine groups is 1. The van der Waals surface area contributed by atoms with Gasteiger partial charge in [-0.1, -0.05) is 12.1 Å². The van der Waals surface area contributed by atoms with Crippen LogP contribution >= 0.6 is 24.0 Å². The highest BCUT2D eigenvalue weighted by molar-refractivity contribution is 14.0. The zero-order chi connectivity index (χ0) is 18.9. The van der Waals surface area contributed by atoms with Crippen molar-refractivity contribution in [2.45, 2.75) is 13.0 Å². The molecule has 5 nitrogen and oxygen atoms in total. The zero-order valence-corrected chi connectivity index (χ0v) is 18.5. The normalized spacial score (nSPS) is 10.8. The molecule has 0 aliphatic heterocycles. The van der Waals surface area contributed by atoms with Crippen LogP contribution in [0.3, 0.4) is 0 Å². The largest absolute Gasteiger partial charge is 0.497 e. The average molecular weight is 487 g/mol. The number of nitrogens with zero attached hydrogens (tertiary/aromatic N) is 2. The SMILES string of the molecule is CN=C(NCCc1cccc(F)c1)N(C)Cc1ccc(OC)cc1OC.I. The Kier molecular flexibility index (Phi) is 9.92. The van der Waals surface area contributed by atoms with Crippen molar-refractivity contribution in [2.24, 2.45) is 4.99 Å². The summed E-state index contributed by atoms with van der Waals surface area (Å²) in [6.45, 7) is 1.30. The molecule has 7 heteroatoms. The predicted octanol–water partition coefficient (Wildman–Crippen LogP) is 3.71. The molecule has 2 rings (SSSR count). The van der Waals surface area contributed by atoms with Gasteiger partial charge < -0.3 is 19.7 Å². The van der Waals surface area contributed by atoms with Gasteiger partial charge in [-0.2, -0.15) is 0 Å². The zero-order valence-electron chi connectivity index (χ0n) is 16.2. The lowest BCUT2D eigenvalue weighted by atomic mass is 10.1. The second kappa shape index (κ2) is 11.6. The molecule has 2 aromatic carbocycles. The van der Waals surface area contributed by atoms with E-state index in [1.165, 1.54) is 6.07 Å². The molecule has 148 valence electrons. The summed E-state index contributed by atoms with van der Waals surface area (Å²) in [6, 6.07) is 12.4. The van der Waals surface area contributed by atoms with E-state index in [4.69, 9.17) is 9.47 Å². The van der Waals surface area contributed by atoms with E-state index in [0.717, 1.165) is 35.0 Å². The molecule has 0 radical (unpaired) electrons. The second-order valence-electron chi connectivity index (χ2n) is 5.89. The molecule has 27 heavy (non-hydrogen) atoms. The van der Waals surface area contributed by atoms with Gasteiger partial charge in [-0.05, 0) is 36.2 Å². The lowest BCUT2D eigenvalue weighted by molar-refractivity contribution is 0.382. The molecule has 0 spiro atoms. The van der Waals surface area contributed by atoms with E-state index >= 15 is 0 Å². The quantitative estimate of drug-likeness (QED) is 0.368. The lowest BCUT2D eigenvalue weighted by Crippen LogP contribution is -2.39. The summed E-state index contributed by atoms with van der Waals surface area (Å²) in [4.78, 5) is 6.32. The third-order valence-corrected chi connectivity index (χ3v) is 4.06. The molecule has 0 aliphatic carbocycles. The molecule has 0 bridgehead atoms. The van der Waals surface area contributed by atoms with Crippen LogP contribution < -0.4 is 14.8 Å². The van der Waals surface area contributed by atoms with Crippen molar-refractivity contribution >= 4 is 29.9 Å². The van der Waals surface area contributed by atoms with E-state index < -0.39 is 0 Å². The molecule has 0 aromatic heterocycles. The molecular formula is C20H27FIN3O2. The van der Waals surface area contributed by atoms with Gasteiger partial charge in [0.1, 0.15) is 17.3 Å². The summed E-state index contributed by atoms with van der Waals surface area (Å²) in [5, 5.41) is 3.31. The van der Waals surface area contributed by atoms with Crippen LogP contribution in [0.4, 0.5) is 4.39 Å². The monoisotopic (exact) mass is 487 g/mol. The fourth-order valence-electron chi connectivity index (χ4n) is 2.71. The summed E-state index contributed by atoms with van der Waals surface area (Å²) in [5.74, 6) is 2.08. The number of aliphatic imine (C=N–C) groups is 1. The Balaban J connectivity index is 0.00000364. The molecule has 0 aliphatic rings. The van der Waals surface area contributed by atoms with Crippen LogP contribution in [0.25, 0.3) is 0 Å². The minimum absolute atomic E-state index is 0. The van der Waals surface area contributed by atoms with Gasteiger partial charge in [-0.25, -0.2) is 4.39 Å². The number of benzene rings is 2. The van der Waals surface area contributed by atoms with E-state index in [1.807, 2.05) is 36.2 Å². The highest BCUT2D eigenvalue weighted by atomic mass is 127. The van der Waals surface area contributed by atoms with Crippen molar-refractivity contribution in [3.63, 3.8) is 0 Å². The van der Waals surface area contributed by atoms with Crippen molar-refractivity contribution in [3.05, 3.63) is 59.4 Å². The number of hydrogen-bond acceptors (Lipinski definition) is 3. The van der Waals surface area contributed by atoms with Gasteiger partial charge in [0.05, 0.1) is 14.2 Å². The summed E-state index contributed by atoms with van der Waals surface area (Å²) in [5.41, 5.74) is 1.98. The minimum Gasteiger partial charge on any atom is -0.497 e. The van der Waals surface area contributed by atoms with Crippen molar-refractivity contribution < 1.29 is 13.9 Å². The van der Waals surface area contributed by atoms with Crippen LogP contribution in [0.2, 0.25) is 0 Å². The van der Waals surface area contributed by atoms with Crippen LogP contribution in [0.1, 0.15) is 11.1 Å². The molecule has 0 amide bonds. The van der Waals surface area contributed by atoms with Crippen molar-refractivity contribution in [2.75, 3.05) is 34.9 Å². The fourth-order valence-corrected chi connectivity index (χ4v) is 2.71. The topological polar surface area (TPSA) is 46.1 Å². The van der Waals surface area contributed by atoms with Gasteiger partial charge in [0, 0.05) is 38.8 Å². The van der Waals surface area contributed by atoms with Crippen LogP contribution in [0.5, 0.6) is 11.5 Å². The van der Waals surface area contributed by atoms with E-state index in [1.54, 1.807) is 33.4 Å². The van der Waals surface area contributed by atoms with Gasteiger partial charge in [0.15, 0.2) is 5.96 Å². The summed E-state index contributed by atoms with van der Waals surface area (Å²) in [6.07, 6.45) is 0.719. The first-order valence-electron chi connectivity index (χ1n) is 8.44. The maximum Gasteiger partial charge on any atom is 0.193 e. The first-order chi connectivity index (χ1) is 12.6. The highest BCUT2D eigenvalue weighted by Crippen LogP contribution is 2.25. The fraction of sp³-hybridized carbons (Fsp3) is 0.350. The van der Waals surface area contributed by atoms with Crippen molar-refractivity contribution in [3.8, 4) is 11.5 Å². The maximum atomic E-state index is 13.2. The van der Waals surface area contributed by atoms with Crippen LogP contribution in [0.15, 0.2) is 47.5 Å². The molecular weight excluding hydrogens is 460 g/mol. The number of halogens is 2. The second-order valence-corrected chi connectivity index (χ2v) is 5.89. The Labute approximate surface area is 177 Å². The molecule has 0 heterocycles. The van der Waals surface area contributed by atoms with Crippen LogP contribution in [-0.4, -0.2) is 45.7 Å². The van der Waals surface area contributed by atoms with E-state index in [9.17, 15) is 4.39 Å². The van der Waals surface area contributed by atoms with Crippen LogP contribution in [0, 0.1) is 5.82 Å². The minimum atomic E-state index is -0.212. The highest BCUT2D eigenvalue weighted by Gasteiger charge is 2.11. The van der Waals surface area contributed by atoms with Gasteiger partial charge in [-0.15, -0.1) is 24.0 Å². The number of ether oxygens (including phenoxy) is 2. The standard InChI is InChI=1S/C20H26FN3O2.HI/c1-22-20(23-11-10-15-6-5-7-17(21)12-15)24(2)14-16-8-9-18(25-3)13-19(16)26-4;/h5-9,12-13H,10-11,14H2,1-4H3,(H,22,23);1H. The summed E-state index contributed by atoms with van der Waals surface area (Å²) < 4.78 is 23.9. The first-order valence-corrected chi connectivity index (χ1v) is 8.44. The third kappa shape index (κ3) is 6.89. The van der Waals surface area contributed by atoms with E-state index in [2.05, 4.69) is 10.3 Å². The van der Waals surface area contributed by atoms with Crippen molar-refractivity contribution in [1.29, 1.82) is 0 Å². The Hall–Kier alpha value is -2.03. The van der Waals surface area contributed by atoms with Gasteiger partial charge in [0.25, 0.3) is 0 Å². The summed E-state index contributed by atoms with van der Waals surface area (Å²) in [7, 11) is 6.97. The van der Waals surface area contributed by atoms with E-state index in [-0.39, 0.29) is 29.8 Å². The van der Waals surface area contributed by atoms with Crippen molar-refractivity contribution in [1.82, 2.24) is 10.2 Å². The Morgan fingerprint density at radius 1 is 1.15 bits per heavy atom. The number of rotatable bonds is 7. The number of nitrogens with one attached hydrogen (secondary N) is 1. The van der Waals surface area contributed by atoms with E-state index in [0.29, 0.717) is 13.1 Å². The van der Waals surface area contributed by atoms with Crippen LogP contribution in [-0.2, 0) is 13.0 Å². The summed E-state index contributed by atoms with van der Waals surface area (Å²) >= 11 is 0. The smallest absolute Gasteiger partial charge is 0.193 e. The first kappa shape index (κ1) is 23.0. The van der Waals surface area contributed by atoms with Gasteiger partial charge >= 0.3 is 0 Å². The molecule has 0 unspecified atom stereocenters. The van der Waals surface area contributed by atoms with Gasteiger partial charge in [-0.3, -0.25) is 4.99 Å². The maximum absolute atomic E-state index is 13.2. The Morgan fingerprint density at radius 2 is 1.93 bits per heavy atom. The molecule has 1 N–H and O–H groups in total. The predicted molar refractivity (Wildman–Crippen MR) is 118 cm³/mol. The Bertz CT molecular complexity index is 756. The lowest BCUT2D eigenvalue weighted by Gasteiger charge is -2.23.